The van der Waals surface area contributed by atoms with Gasteiger partial charge in [0.25, 0.3) is 11.8 Å². The minimum atomic E-state index is -0.825. The van der Waals surface area contributed by atoms with Crippen LogP contribution < -0.4 is 0 Å². The van der Waals surface area contributed by atoms with Crippen molar-refractivity contribution >= 4 is 29.5 Å². The van der Waals surface area contributed by atoms with Gasteiger partial charge in [0, 0.05) is 6.07 Å². The lowest BCUT2D eigenvalue weighted by atomic mass is 10.1. The Morgan fingerprint density at radius 3 is 2.33 bits per heavy atom. The number of nitrogens with zero attached hydrogens (tertiary/aromatic N) is 1. The van der Waals surface area contributed by atoms with E-state index in [9.17, 15) is 14.4 Å². The number of carbonyl (C=O) groups is 3. The molecule has 0 bridgehead atoms. The summed E-state index contributed by atoms with van der Waals surface area (Å²) in [4.78, 5) is 40.9. The van der Waals surface area contributed by atoms with Crippen LogP contribution in [0.2, 0.25) is 0 Å². The van der Waals surface area contributed by atoms with Gasteiger partial charge in [-0.3, -0.25) is 9.59 Å². The number of imide groups is 1. The minimum Gasteiger partial charge on any atom is -0.457 e. The predicted molar refractivity (Wildman–Crippen MR) is 72.8 cm³/mol. The van der Waals surface area contributed by atoms with Crippen molar-refractivity contribution < 1.29 is 23.6 Å². The van der Waals surface area contributed by atoms with Crippen molar-refractivity contribution in [1.29, 1.82) is 0 Å². The van der Waals surface area contributed by atoms with Crippen molar-refractivity contribution in [3.05, 3.63) is 53.3 Å². The van der Waals surface area contributed by atoms with Crippen LogP contribution in [0.3, 0.4) is 0 Å². The van der Waals surface area contributed by atoms with E-state index in [1.165, 1.54) is 36.2 Å². The van der Waals surface area contributed by atoms with E-state index in [2.05, 4.69) is 0 Å². The van der Waals surface area contributed by atoms with Gasteiger partial charge in [-0.25, -0.2) is 4.79 Å². The van der Waals surface area contributed by atoms with Crippen molar-refractivity contribution in [3.8, 4) is 0 Å². The molecule has 2 heterocycles. The summed E-state index contributed by atoms with van der Waals surface area (Å²) in [7, 11) is 0. The molecule has 1 aromatic carbocycles. The maximum atomic E-state index is 12.0. The lowest BCUT2D eigenvalue weighted by Gasteiger charge is -2.11. The van der Waals surface area contributed by atoms with Gasteiger partial charge in [-0.1, -0.05) is 29.0 Å². The summed E-state index contributed by atoms with van der Waals surface area (Å²) in [5.41, 5.74) is 0.565. The van der Waals surface area contributed by atoms with Crippen LogP contribution in [0.25, 0.3) is 0 Å². The molecule has 0 fully saturated rings. The second kappa shape index (κ2) is 5.10. The SMILES string of the molecule is CSc1cc(C(=O)ON2C(=O)c3ccccc3C2=O)co1. The number of benzene rings is 1. The van der Waals surface area contributed by atoms with Crippen LogP contribution in [-0.4, -0.2) is 29.1 Å². The largest absolute Gasteiger partial charge is 0.457 e. The highest BCUT2D eigenvalue weighted by Crippen LogP contribution is 2.24. The quantitative estimate of drug-likeness (QED) is 0.640. The average molecular weight is 303 g/mol. The lowest BCUT2D eigenvalue weighted by molar-refractivity contribution is -0.0585. The third-order valence-electron chi connectivity index (χ3n) is 2.94. The first-order valence-electron chi connectivity index (χ1n) is 5.94. The van der Waals surface area contributed by atoms with Crippen LogP contribution in [0.4, 0.5) is 0 Å². The van der Waals surface area contributed by atoms with E-state index in [0.29, 0.717) is 10.2 Å². The number of furan rings is 1. The molecule has 0 saturated carbocycles. The molecule has 0 aliphatic carbocycles. The zero-order valence-corrected chi connectivity index (χ0v) is 11.7. The maximum Gasteiger partial charge on any atom is 0.367 e. The Bertz CT molecular complexity index is 716. The summed E-state index contributed by atoms with van der Waals surface area (Å²) >= 11 is 1.32. The molecule has 2 aromatic rings. The minimum absolute atomic E-state index is 0.135. The molecule has 0 radical (unpaired) electrons. The molecule has 21 heavy (non-hydrogen) atoms. The Kier molecular flexibility index (Phi) is 3.26. The molecule has 3 rings (SSSR count). The molecule has 0 N–H and O–H groups in total. The van der Waals surface area contributed by atoms with Crippen LogP contribution in [0.1, 0.15) is 31.1 Å². The highest BCUT2D eigenvalue weighted by Gasteiger charge is 2.38. The van der Waals surface area contributed by atoms with Gasteiger partial charge >= 0.3 is 5.97 Å². The molecule has 7 heteroatoms. The fraction of sp³-hybridized carbons (Fsp3) is 0.0714. The van der Waals surface area contributed by atoms with Gasteiger partial charge in [0.15, 0.2) is 5.09 Å². The van der Waals surface area contributed by atoms with E-state index in [0.717, 1.165) is 0 Å². The molecule has 1 aliphatic heterocycles. The molecule has 1 aliphatic rings. The zero-order chi connectivity index (χ0) is 15.0. The first-order chi connectivity index (χ1) is 10.1. The highest BCUT2D eigenvalue weighted by molar-refractivity contribution is 7.98. The van der Waals surface area contributed by atoms with Crippen LogP contribution >= 0.6 is 11.8 Å². The Morgan fingerprint density at radius 2 is 1.81 bits per heavy atom. The van der Waals surface area contributed by atoms with Crippen molar-refractivity contribution in [1.82, 2.24) is 5.06 Å². The van der Waals surface area contributed by atoms with E-state index in [1.807, 2.05) is 0 Å². The summed E-state index contributed by atoms with van der Waals surface area (Å²) in [6, 6.07) is 7.76. The van der Waals surface area contributed by atoms with Crippen LogP contribution in [-0.2, 0) is 4.84 Å². The Morgan fingerprint density at radius 1 is 1.19 bits per heavy atom. The van der Waals surface area contributed by atoms with E-state index >= 15 is 0 Å². The Hall–Kier alpha value is -2.54. The number of carbonyl (C=O) groups excluding carboxylic acids is 3. The molecule has 0 saturated heterocycles. The van der Waals surface area contributed by atoms with E-state index in [-0.39, 0.29) is 16.7 Å². The van der Waals surface area contributed by atoms with E-state index in [4.69, 9.17) is 9.25 Å². The first-order valence-corrected chi connectivity index (χ1v) is 7.17. The number of hydroxylamine groups is 2. The third-order valence-corrected chi connectivity index (χ3v) is 3.56. The smallest absolute Gasteiger partial charge is 0.367 e. The second-order valence-electron chi connectivity index (χ2n) is 4.19. The third kappa shape index (κ3) is 2.21. The van der Waals surface area contributed by atoms with Crippen LogP contribution in [0.5, 0.6) is 0 Å². The number of rotatable bonds is 3. The molecule has 0 atom stereocenters. The van der Waals surface area contributed by atoms with Gasteiger partial charge in [-0.05, 0) is 18.4 Å². The fourth-order valence-electron chi connectivity index (χ4n) is 1.92. The molecule has 1 aromatic heterocycles. The Labute approximate surface area is 123 Å². The summed E-state index contributed by atoms with van der Waals surface area (Å²) in [6.07, 6.45) is 3.00. The summed E-state index contributed by atoms with van der Waals surface area (Å²) in [5, 5.41) is 1.00. The van der Waals surface area contributed by atoms with Gasteiger partial charge in [-0.15, -0.1) is 0 Å². The number of thioether (sulfide) groups is 1. The summed E-state index contributed by atoms with van der Waals surface area (Å²) in [5.74, 6) is -2.14. The molecule has 6 nitrogen and oxygen atoms in total. The fourth-order valence-corrected chi connectivity index (χ4v) is 2.31. The van der Waals surface area contributed by atoms with Crippen LogP contribution in [0.15, 0.2) is 46.1 Å². The van der Waals surface area contributed by atoms with Crippen LogP contribution in [0, 0.1) is 0 Å². The molecule has 0 unspecified atom stereocenters. The van der Waals surface area contributed by atoms with E-state index < -0.39 is 17.8 Å². The van der Waals surface area contributed by atoms with Crippen molar-refractivity contribution in [2.45, 2.75) is 5.09 Å². The van der Waals surface area contributed by atoms with E-state index in [1.54, 1.807) is 18.4 Å². The summed E-state index contributed by atoms with van der Waals surface area (Å²) in [6.45, 7) is 0. The molecule has 106 valence electrons. The number of hydrogen-bond acceptors (Lipinski definition) is 6. The topological polar surface area (TPSA) is 76.8 Å². The first kappa shape index (κ1) is 13.4. The monoisotopic (exact) mass is 303 g/mol. The zero-order valence-electron chi connectivity index (χ0n) is 10.9. The van der Waals surface area contributed by atoms with Crippen molar-refractivity contribution in [2.75, 3.05) is 6.26 Å². The molecule has 0 spiro atoms. The summed E-state index contributed by atoms with van der Waals surface area (Å²) < 4.78 is 5.09. The highest BCUT2D eigenvalue weighted by atomic mass is 32.2. The molecule has 2 amide bonds. The van der Waals surface area contributed by atoms with Gasteiger partial charge in [0.2, 0.25) is 0 Å². The maximum absolute atomic E-state index is 12.0. The second-order valence-corrected chi connectivity index (χ2v) is 5.00. The average Bonchev–Trinajstić information content (AvgIpc) is 3.07. The number of fused-ring (bicyclic) bond motifs is 1. The number of hydrogen-bond donors (Lipinski definition) is 0. The van der Waals surface area contributed by atoms with Gasteiger partial charge in [-0.2, -0.15) is 0 Å². The lowest BCUT2D eigenvalue weighted by Crippen LogP contribution is -2.32. The molecular weight excluding hydrogens is 294 g/mol. The van der Waals surface area contributed by atoms with Crippen molar-refractivity contribution in [3.63, 3.8) is 0 Å². The van der Waals surface area contributed by atoms with Crippen molar-refractivity contribution in [2.24, 2.45) is 0 Å². The predicted octanol–water partition coefficient (Wildman–Crippen LogP) is 2.37. The Balaban J connectivity index is 1.82. The normalized spacial score (nSPS) is 13.5. The standard InChI is InChI=1S/C14H9NO5S/c1-21-11-6-8(7-19-11)14(18)20-15-12(16)9-4-2-3-5-10(9)13(15)17/h2-7H,1H3. The number of amides is 2. The molecular formula is C14H9NO5S. The van der Waals surface area contributed by atoms with Gasteiger partial charge in [0.1, 0.15) is 11.8 Å². The van der Waals surface area contributed by atoms with Gasteiger partial charge in [0.05, 0.1) is 11.1 Å². The van der Waals surface area contributed by atoms with Gasteiger partial charge < -0.3 is 9.25 Å².